The first-order chi connectivity index (χ1) is 8.62. The van der Waals surface area contributed by atoms with Crippen LogP contribution in [0.2, 0.25) is 0 Å². The van der Waals surface area contributed by atoms with E-state index in [2.05, 4.69) is 41.8 Å². The number of aryl methyl sites for hydroxylation is 1. The molecule has 18 heavy (non-hydrogen) atoms. The molecule has 2 atom stereocenters. The topological polar surface area (TPSA) is 39.1 Å². The number of aromatic nitrogens is 2. The number of nitrogens with zero attached hydrogens (tertiary/aromatic N) is 2. The van der Waals surface area contributed by atoms with Crippen LogP contribution < -0.4 is 5.32 Å². The molecule has 0 aliphatic rings. The summed E-state index contributed by atoms with van der Waals surface area (Å²) in [7, 11) is 1.74. The summed E-state index contributed by atoms with van der Waals surface area (Å²) in [5.41, 5.74) is 1.05. The van der Waals surface area contributed by atoms with Crippen LogP contribution in [0.25, 0.3) is 0 Å². The molecule has 4 nitrogen and oxygen atoms in total. The van der Waals surface area contributed by atoms with E-state index >= 15 is 0 Å². The number of methoxy groups -OCH3 is 1. The minimum Gasteiger partial charge on any atom is -0.383 e. The molecule has 2 unspecified atom stereocenters. The van der Waals surface area contributed by atoms with Crippen LogP contribution in [-0.2, 0) is 4.74 Å². The standard InChI is InChI=1S/C14H27N3O/c1-6-8-13(7-2)16-14-15-11(3)9-17(14)12(4)10-18-5/h9,12-13H,6-8,10H2,1-5H3,(H,15,16). The van der Waals surface area contributed by atoms with Crippen molar-refractivity contribution in [3.05, 3.63) is 11.9 Å². The van der Waals surface area contributed by atoms with Crippen molar-refractivity contribution in [2.45, 2.75) is 59.0 Å². The van der Waals surface area contributed by atoms with Gasteiger partial charge in [-0.3, -0.25) is 0 Å². The molecular formula is C14H27N3O. The summed E-state index contributed by atoms with van der Waals surface area (Å²) >= 11 is 0. The fraction of sp³-hybridized carbons (Fsp3) is 0.786. The fourth-order valence-electron chi connectivity index (χ4n) is 2.19. The maximum atomic E-state index is 5.22. The Bertz CT molecular complexity index is 349. The molecule has 1 heterocycles. The Labute approximate surface area is 111 Å². The van der Waals surface area contributed by atoms with Crippen LogP contribution in [-0.4, -0.2) is 29.3 Å². The second-order valence-electron chi connectivity index (χ2n) is 4.96. The summed E-state index contributed by atoms with van der Waals surface area (Å²) in [6.07, 6.45) is 5.59. The lowest BCUT2D eigenvalue weighted by Crippen LogP contribution is -2.22. The lowest BCUT2D eigenvalue weighted by atomic mass is 10.1. The van der Waals surface area contributed by atoms with Gasteiger partial charge in [0.1, 0.15) is 0 Å². The Morgan fingerprint density at radius 3 is 2.72 bits per heavy atom. The van der Waals surface area contributed by atoms with Gasteiger partial charge in [0.25, 0.3) is 0 Å². The summed E-state index contributed by atoms with van der Waals surface area (Å²) in [5, 5.41) is 3.55. The third-order valence-electron chi connectivity index (χ3n) is 3.20. The van der Waals surface area contributed by atoms with Crippen molar-refractivity contribution in [2.24, 2.45) is 0 Å². The summed E-state index contributed by atoms with van der Waals surface area (Å²) in [5.74, 6) is 0.970. The first-order valence-corrected chi connectivity index (χ1v) is 6.93. The van der Waals surface area contributed by atoms with Gasteiger partial charge in [-0.05, 0) is 26.7 Å². The maximum absolute atomic E-state index is 5.22. The molecule has 1 N–H and O–H groups in total. The molecule has 4 heteroatoms. The van der Waals surface area contributed by atoms with Gasteiger partial charge in [-0.2, -0.15) is 0 Å². The molecule has 0 aliphatic carbocycles. The third-order valence-corrected chi connectivity index (χ3v) is 3.20. The van der Waals surface area contributed by atoms with Crippen molar-refractivity contribution in [3.8, 4) is 0 Å². The minimum absolute atomic E-state index is 0.304. The molecule has 1 aromatic heterocycles. The average molecular weight is 253 g/mol. The average Bonchev–Trinajstić information content (AvgIpc) is 2.70. The lowest BCUT2D eigenvalue weighted by molar-refractivity contribution is 0.163. The largest absolute Gasteiger partial charge is 0.383 e. The van der Waals surface area contributed by atoms with Crippen LogP contribution in [0.1, 0.15) is 51.8 Å². The van der Waals surface area contributed by atoms with E-state index in [4.69, 9.17) is 4.74 Å². The zero-order valence-electron chi connectivity index (χ0n) is 12.4. The second kappa shape index (κ2) is 7.41. The zero-order valence-corrected chi connectivity index (χ0v) is 12.4. The van der Waals surface area contributed by atoms with Crippen LogP contribution in [0.5, 0.6) is 0 Å². The molecule has 0 radical (unpaired) electrons. The van der Waals surface area contributed by atoms with Crippen LogP contribution in [0.4, 0.5) is 5.95 Å². The molecule has 104 valence electrons. The molecule has 1 aromatic rings. The van der Waals surface area contributed by atoms with Crippen LogP contribution in [0.15, 0.2) is 6.20 Å². The summed E-state index contributed by atoms with van der Waals surface area (Å²) in [4.78, 5) is 4.58. The molecular weight excluding hydrogens is 226 g/mol. The number of rotatable bonds is 8. The van der Waals surface area contributed by atoms with E-state index in [1.807, 2.05) is 6.92 Å². The van der Waals surface area contributed by atoms with Gasteiger partial charge in [0.05, 0.1) is 18.3 Å². The van der Waals surface area contributed by atoms with Crippen LogP contribution in [0.3, 0.4) is 0 Å². The van der Waals surface area contributed by atoms with Crippen molar-refractivity contribution < 1.29 is 4.74 Å². The van der Waals surface area contributed by atoms with Crippen molar-refractivity contribution in [1.29, 1.82) is 0 Å². The van der Waals surface area contributed by atoms with E-state index in [-0.39, 0.29) is 0 Å². The summed E-state index contributed by atoms with van der Waals surface area (Å²) in [6, 6.07) is 0.808. The number of imidazole rings is 1. The number of ether oxygens (including phenoxy) is 1. The first-order valence-electron chi connectivity index (χ1n) is 6.93. The zero-order chi connectivity index (χ0) is 13.5. The molecule has 1 rings (SSSR count). The highest BCUT2D eigenvalue weighted by atomic mass is 16.5. The van der Waals surface area contributed by atoms with Gasteiger partial charge in [-0.1, -0.05) is 20.3 Å². The Morgan fingerprint density at radius 2 is 2.17 bits per heavy atom. The molecule has 0 spiro atoms. The first kappa shape index (κ1) is 15.0. The predicted molar refractivity (Wildman–Crippen MR) is 76.2 cm³/mol. The summed E-state index contributed by atoms with van der Waals surface area (Å²) in [6.45, 7) is 9.31. The molecule has 0 amide bonds. The minimum atomic E-state index is 0.304. The Balaban J connectivity index is 2.80. The normalized spacial score (nSPS) is 14.5. The van der Waals surface area contributed by atoms with Gasteiger partial charge < -0.3 is 14.6 Å². The van der Waals surface area contributed by atoms with E-state index in [0.29, 0.717) is 18.7 Å². The highest BCUT2D eigenvalue weighted by Gasteiger charge is 2.14. The Kier molecular flexibility index (Phi) is 6.19. The Morgan fingerprint density at radius 1 is 1.44 bits per heavy atom. The van der Waals surface area contributed by atoms with E-state index in [1.165, 1.54) is 12.8 Å². The van der Waals surface area contributed by atoms with Crippen LogP contribution in [0, 0.1) is 6.92 Å². The quantitative estimate of drug-likeness (QED) is 0.772. The lowest BCUT2D eigenvalue weighted by Gasteiger charge is -2.20. The smallest absolute Gasteiger partial charge is 0.203 e. The number of hydrogen-bond acceptors (Lipinski definition) is 3. The number of hydrogen-bond donors (Lipinski definition) is 1. The number of nitrogens with one attached hydrogen (secondary N) is 1. The van der Waals surface area contributed by atoms with Gasteiger partial charge >= 0.3 is 0 Å². The SMILES string of the molecule is CCCC(CC)Nc1nc(C)cn1C(C)COC. The van der Waals surface area contributed by atoms with Crippen molar-refractivity contribution in [1.82, 2.24) is 9.55 Å². The number of anilines is 1. The second-order valence-corrected chi connectivity index (χ2v) is 4.96. The van der Waals surface area contributed by atoms with Gasteiger partial charge in [0.2, 0.25) is 5.95 Å². The fourth-order valence-corrected chi connectivity index (χ4v) is 2.19. The van der Waals surface area contributed by atoms with Crippen molar-refractivity contribution in [3.63, 3.8) is 0 Å². The maximum Gasteiger partial charge on any atom is 0.203 e. The highest BCUT2D eigenvalue weighted by Crippen LogP contribution is 2.18. The molecule has 0 aliphatic heterocycles. The van der Waals surface area contributed by atoms with E-state index in [1.54, 1.807) is 7.11 Å². The predicted octanol–water partition coefficient (Wildman–Crippen LogP) is 3.39. The molecule has 0 saturated carbocycles. The van der Waals surface area contributed by atoms with Gasteiger partial charge in [-0.15, -0.1) is 0 Å². The molecule has 0 aromatic carbocycles. The van der Waals surface area contributed by atoms with Crippen LogP contribution >= 0.6 is 0 Å². The van der Waals surface area contributed by atoms with Gasteiger partial charge in [0.15, 0.2) is 0 Å². The summed E-state index contributed by atoms with van der Waals surface area (Å²) < 4.78 is 7.40. The van der Waals surface area contributed by atoms with E-state index < -0.39 is 0 Å². The Hall–Kier alpha value is -1.03. The van der Waals surface area contributed by atoms with Gasteiger partial charge in [0, 0.05) is 19.3 Å². The van der Waals surface area contributed by atoms with Gasteiger partial charge in [-0.25, -0.2) is 4.98 Å². The van der Waals surface area contributed by atoms with Crippen molar-refractivity contribution in [2.75, 3.05) is 19.0 Å². The van der Waals surface area contributed by atoms with E-state index in [9.17, 15) is 0 Å². The highest BCUT2D eigenvalue weighted by molar-refractivity contribution is 5.31. The third kappa shape index (κ3) is 4.02. The van der Waals surface area contributed by atoms with E-state index in [0.717, 1.165) is 18.1 Å². The molecule has 0 fully saturated rings. The molecule has 0 saturated heterocycles. The van der Waals surface area contributed by atoms with Crippen molar-refractivity contribution >= 4 is 5.95 Å². The molecule has 0 bridgehead atoms. The monoisotopic (exact) mass is 253 g/mol.